The molecule has 98 valence electrons. The number of carbonyl (C=O) groups is 2. The Balaban J connectivity index is 2.52. The fourth-order valence-corrected chi connectivity index (χ4v) is 1.36. The van der Waals surface area contributed by atoms with E-state index in [1.807, 2.05) is 12.1 Å². The van der Waals surface area contributed by atoms with Crippen LogP contribution in [0, 0.1) is 0 Å². The molecule has 0 aliphatic carbocycles. The third kappa shape index (κ3) is 4.55. The molecule has 5 nitrogen and oxygen atoms in total. The predicted octanol–water partition coefficient (Wildman–Crippen LogP) is 1.08. The molecule has 0 bridgehead atoms. The highest BCUT2D eigenvalue weighted by Gasteiger charge is 2.07. The highest BCUT2D eigenvalue weighted by Crippen LogP contribution is 2.11. The molecule has 1 atom stereocenters. The number of benzene rings is 1. The summed E-state index contributed by atoms with van der Waals surface area (Å²) in [5, 5.41) is 2.69. The summed E-state index contributed by atoms with van der Waals surface area (Å²) in [4.78, 5) is 22.3. The molecule has 0 saturated carbocycles. The van der Waals surface area contributed by atoms with Crippen LogP contribution in [0.1, 0.15) is 18.9 Å². The number of aryl methyl sites for hydroxylation is 1. The Hall–Kier alpha value is -1.88. The lowest BCUT2D eigenvalue weighted by atomic mass is 10.1. The van der Waals surface area contributed by atoms with Gasteiger partial charge in [0.1, 0.15) is 0 Å². The number of amides is 1. The molecule has 1 aromatic rings. The van der Waals surface area contributed by atoms with Gasteiger partial charge in [0.05, 0.1) is 13.2 Å². The van der Waals surface area contributed by atoms with E-state index in [-0.39, 0.29) is 11.9 Å². The first-order valence-corrected chi connectivity index (χ1v) is 5.75. The van der Waals surface area contributed by atoms with Crippen molar-refractivity contribution in [3.63, 3.8) is 0 Å². The smallest absolute Gasteiger partial charge is 0.305 e. The second-order valence-electron chi connectivity index (χ2n) is 4.05. The van der Waals surface area contributed by atoms with Gasteiger partial charge in [0.2, 0.25) is 5.91 Å². The van der Waals surface area contributed by atoms with Gasteiger partial charge in [-0.15, -0.1) is 0 Å². The number of esters is 1. The molecule has 18 heavy (non-hydrogen) atoms. The van der Waals surface area contributed by atoms with Crippen molar-refractivity contribution in [1.82, 2.24) is 0 Å². The van der Waals surface area contributed by atoms with Crippen molar-refractivity contribution in [2.75, 3.05) is 12.4 Å². The monoisotopic (exact) mass is 250 g/mol. The molecular formula is C13H18N2O3. The molecule has 0 aliphatic heterocycles. The zero-order chi connectivity index (χ0) is 13.5. The van der Waals surface area contributed by atoms with Crippen molar-refractivity contribution >= 4 is 17.6 Å². The summed E-state index contributed by atoms with van der Waals surface area (Å²) in [5.41, 5.74) is 7.15. The van der Waals surface area contributed by atoms with E-state index < -0.39 is 6.04 Å². The minimum atomic E-state index is -0.538. The first-order chi connectivity index (χ1) is 8.52. The summed E-state index contributed by atoms with van der Waals surface area (Å²) in [6, 6.07) is 6.75. The van der Waals surface area contributed by atoms with Crippen LogP contribution in [-0.2, 0) is 20.7 Å². The van der Waals surface area contributed by atoms with Gasteiger partial charge in [0.15, 0.2) is 0 Å². The molecule has 0 aliphatic rings. The van der Waals surface area contributed by atoms with Crippen molar-refractivity contribution < 1.29 is 14.3 Å². The molecule has 0 unspecified atom stereocenters. The topological polar surface area (TPSA) is 81.4 Å². The lowest BCUT2D eigenvalue weighted by molar-refractivity contribution is -0.140. The summed E-state index contributed by atoms with van der Waals surface area (Å²) in [7, 11) is 1.37. The van der Waals surface area contributed by atoms with Crippen LogP contribution in [0.4, 0.5) is 5.69 Å². The van der Waals surface area contributed by atoms with Gasteiger partial charge in [-0.1, -0.05) is 12.1 Å². The first kappa shape index (κ1) is 14.2. The fourth-order valence-electron chi connectivity index (χ4n) is 1.36. The average Bonchev–Trinajstić information content (AvgIpc) is 2.37. The number of hydrogen-bond acceptors (Lipinski definition) is 4. The van der Waals surface area contributed by atoms with Crippen LogP contribution in [0.3, 0.4) is 0 Å². The molecule has 0 fully saturated rings. The van der Waals surface area contributed by atoms with Crippen LogP contribution in [0.25, 0.3) is 0 Å². The first-order valence-electron chi connectivity index (χ1n) is 5.75. The van der Waals surface area contributed by atoms with Gasteiger partial charge in [-0.05, 0) is 31.0 Å². The standard InChI is InChI=1S/C13H18N2O3/c1-9(14)13(17)15-11-6-3-10(4-7-11)5-8-12(16)18-2/h3-4,6-7,9H,5,8,14H2,1-2H3,(H,15,17)/t9-/m1/s1. The maximum Gasteiger partial charge on any atom is 0.305 e. The van der Waals surface area contributed by atoms with Gasteiger partial charge >= 0.3 is 5.97 Å². The van der Waals surface area contributed by atoms with Crippen LogP contribution in [0.15, 0.2) is 24.3 Å². The molecule has 1 amide bonds. The summed E-state index contributed by atoms with van der Waals surface area (Å²) in [6.07, 6.45) is 0.968. The molecular weight excluding hydrogens is 232 g/mol. The zero-order valence-electron chi connectivity index (χ0n) is 10.6. The second kappa shape index (κ2) is 6.76. The number of hydrogen-bond donors (Lipinski definition) is 2. The van der Waals surface area contributed by atoms with E-state index in [1.54, 1.807) is 19.1 Å². The molecule has 0 aromatic heterocycles. The largest absolute Gasteiger partial charge is 0.469 e. The lowest BCUT2D eigenvalue weighted by Crippen LogP contribution is -2.32. The number of methoxy groups -OCH3 is 1. The number of nitrogens with two attached hydrogens (primary N) is 1. The third-order valence-electron chi connectivity index (χ3n) is 2.48. The average molecular weight is 250 g/mol. The van der Waals surface area contributed by atoms with E-state index in [4.69, 9.17) is 5.73 Å². The molecule has 0 saturated heterocycles. The fraction of sp³-hybridized carbons (Fsp3) is 0.385. The van der Waals surface area contributed by atoms with Crippen molar-refractivity contribution in [2.24, 2.45) is 5.73 Å². The van der Waals surface area contributed by atoms with Crippen molar-refractivity contribution in [2.45, 2.75) is 25.8 Å². The minimum Gasteiger partial charge on any atom is -0.469 e. The second-order valence-corrected chi connectivity index (χ2v) is 4.05. The van der Waals surface area contributed by atoms with Crippen LogP contribution < -0.4 is 11.1 Å². The van der Waals surface area contributed by atoms with E-state index in [9.17, 15) is 9.59 Å². The number of nitrogens with one attached hydrogen (secondary N) is 1. The highest BCUT2D eigenvalue weighted by molar-refractivity contribution is 5.94. The molecule has 0 spiro atoms. The van der Waals surface area contributed by atoms with Crippen molar-refractivity contribution in [3.05, 3.63) is 29.8 Å². The van der Waals surface area contributed by atoms with E-state index in [1.165, 1.54) is 7.11 Å². The molecule has 0 heterocycles. The summed E-state index contributed by atoms with van der Waals surface area (Å²) in [5.74, 6) is -0.457. The van der Waals surface area contributed by atoms with E-state index in [2.05, 4.69) is 10.1 Å². The maximum absolute atomic E-state index is 11.4. The maximum atomic E-state index is 11.4. The van der Waals surface area contributed by atoms with Gasteiger partial charge in [0, 0.05) is 12.1 Å². The third-order valence-corrected chi connectivity index (χ3v) is 2.48. The molecule has 3 N–H and O–H groups in total. The summed E-state index contributed by atoms with van der Waals surface area (Å²) < 4.78 is 4.56. The Kier molecular flexibility index (Phi) is 5.32. The normalized spacial score (nSPS) is 11.7. The Morgan fingerprint density at radius 2 is 1.94 bits per heavy atom. The van der Waals surface area contributed by atoms with Gasteiger partial charge in [-0.2, -0.15) is 0 Å². The SMILES string of the molecule is COC(=O)CCc1ccc(NC(=O)[C@@H](C)N)cc1. The van der Waals surface area contributed by atoms with Crippen LogP contribution >= 0.6 is 0 Å². The Labute approximate surface area is 106 Å². The van der Waals surface area contributed by atoms with E-state index in [0.29, 0.717) is 18.5 Å². The van der Waals surface area contributed by atoms with Gasteiger partial charge in [-0.3, -0.25) is 9.59 Å². The molecule has 5 heteroatoms. The van der Waals surface area contributed by atoms with Gasteiger partial charge in [0.25, 0.3) is 0 Å². The van der Waals surface area contributed by atoms with Crippen molar-refractivity contribution in [3.8, 4) is 0 Å². The van der Waals surface area contributed by atoms with E-state index in [0.717, 1.165) is 5.56 Å². The molecule has 1 aromatic carbocycles. The van der Waals surface area contributed by atoms with Crippen LogP contribution in [0.2, 0.25) is 0 Å². The van der Waals surface area contributed by atoms with Crippen LogP contribution in [-0.4, -0.2) is 25.0 Å². The lowest BCUT2D eigenvalue weighted by Gasteiger charge is -2.08. The number of ether oxygens (including phenoxy) is 1. The Bertz CT molecular complexity index is 413. The van der Waals surface area contributed by atoms with Crippen LogP contribution in [0.5, 0.6) is 0 Å². The predicted molar refractivity (Wildman–Crippen MR) is 69.1 cm³/mol. The Morgan fingerprint density at radius 1 is 1.33 bits per heavy atom. The van der Waals surface area contributed by atoms with Gasteiger partial charge in [-0.25, -0.2) is 0 Å². The molecule has 1 rings (SSSR count). The Morgan fingerprint density at radius 3 is 2.44 bits per heavy atom. The number of carbonyl (C=O) groups excluding carboxylic acids is 2. The van der Waals surface area contributed by atoms with Gasteiger partial charge < -0.3 is 15.8 Å². The highest BCUT2D eigenvalue weighted by atomic mass is 16.5. The summed E-state index contributed by atoms with van der Waals surface area (Å²) >= 11 is 0. The minimum absolute atomic E-state index is 0.225. The van der Waals surface area contributed by atoms with E-state index >= 15 is 0 Å². The number of rotatable bonds is 5. The zero-order valence-corrected chi connectivity index (χ0v) is 10.6. The quantitative estimate of drug-likeness (QED) is 0.766. The summed E-state index contributed by atoms with van der Waals surface area (Å²) in [6.45, 7) is 1.63. The molecule has 0 radical (unpaired) electrons. The van der Waals surface area contributed by atoms with Crippen molar-refractivity contribution in [1.29, 1.82) is 0 Å². The number of anilines is 1.